The summed E-state index contributed by atoms with van der Waals surface area (Å²) in [6.45, 7) is 3.59. The van der Waals surface area contributed by atoms with Gasteiger partial charge in [0.2, 0.25) is 11.8 Å². The Morgan fingerprint density at radius 2 is 1.55 bits per heavy atom. The number of nitrogens with zero attached hydrogens (tertiary/aromatic N) is 2. The highest BCUT2D eigenvalue weighted by molar-refractivity contribution is 7.92. The van der Waals surface area contributed by atoms with Crippen LogP contribution in [0.15, 0.2) is 108 Å². The van der Waals surface area contributed by atoms with Crippen LogP contribution in [-0.4, -0.2) is 51.4 Å². The molecule has 0 spiro atoms. The van der Waals surface area contributed by atoms with Gasteiger partial charge in [0.25, 0.3) is 10.0 Å². The number of benzene rings is 4. The van der Waals surface area contributed by atoms with E-state index in [1.165, 1.54) is 30.2 Å². The fourth-order valence-electron chi connectivity index (χ4n) is 4.91. The molecule has 1 N–H and O–H groups in total. The lowest BCUT2D eigenvalue weighted by Crippen LogP contribution is -2.53. The third-order valence-electron chi connectivity index (χ3n) is 7.24. The number of carbonyl (C=O) groups is 2. The summed E-state index contributed by atoms with van der Waals surface area (Å²) in [5, 5.41) is 3.13. The fourth-order valence-corrected chi connectivity index (χ4v) is 6.51. The van der Waals surface area contributed by atoms with E-state index in [0.29, 0.717) is 6.54 Å². The van der Waals surface area contributed by atoms with E-state index >= 15 is 0 Å². The van der Waals surface area contributed by atoms with E-state index in [-0.39, 0.29) is 40.2 Å². The number of aryl methyl sites for hydroxylation is 1. The van der Waals surface area contributed by atoms with Gasteiger partial charge < -0.3 is 15.0 Å². The highest BCUT2D eigenvalue weighted by Crippen LogP contribution is 2.35. The zero-order valence-corrected chi connectivity index (χ0v) is 26.5. The molecule has 1 unspecified atom stereocenters. The second-order valence-corrected chi connectivity index (χ2v) is 12.5. The number of rotatable bonds is 13. The van der Waals surface area contributed by atoms with E-state index in [2.05, 4.69) is 5.32 Å². The smallest absolute Gasteiger partial charge is 0.264 e. The maximum Gasteiger partial charge on any atom is 0.264 e. The Bertz CT molecular complexity index is 1680. The van der Waals surface area contributed by atoms with Gasteiger partial charge in [-0.25, -0.2) is 8.42 Å². The number of sulfonamides is 1. The average molecular weight is 634 g/mol. The van der Waals surface area contributed by atoms with Gasteiger partial charge in [0.05, 0.1) is 17.7 Å². The van der Waals surface area contributed by atoms with Gasteiger partial charge in [-0.3, -0.25) is 13.9 Å². The van der Waals surface area contributed by atoms with Gasteiger partial charge in [-0.2, -0.15) is 0 Å². The Kier molecular flexibility index (Phi) is 11.0. The molecular formula is C34H36ClN3O5S. The lowest BCUT2D eigenvalue weighted by atomic mass is 10.0. The Morgan fingerprint density at radius 3 is 2.18 bits per heavy atom. The number of hydrogen-bond acceptors (Lipinski definition) is 5. The number of methoxy groups -OCH3 is 1. The summed E-state index contributed by atoms with van der Waals surface area (Å²) < 4.78 is 34.8. The van der Waals surface area contributed by atoms with Crippen LogP contribution in [0.3, 0.4) is 0 Å². The molecule has 4 rings (SSSR count). The third kappa shape index (κ3) is 7.78. The van der Waals surface area contributed by atoms with Gasteiger partial charge >= 0.3 is 0 Å². The molecule has 4 aromatic rings. The molecule has 2 amide bonds. The minimum Gasteiger partial charge on any atom is -0.495 e. The summed E-state index contributed by atoms with van der Waals surface area (Å²) in [6, 6.07) is 28.5. The van der Waals surface area contributed by atoms with Gasteiger partial charge in [0.15, 0.2) is 0 Å². The van der Waals surface area contributed by atoms with E-state index in [1.807, 2.05) is 68.4 Å². The van der Waals surface area contributed by atoms with Crippen molar-refractivity contribution < 1.29 is 22.7 Å². The van der Waals surface area contributed by atoms with Crippen molar-refractivity contribution in [2.45, 2.75) is 37.8 Å². The average Bonchev–Trinajstić information content (AvgIpc) is 3.03. The first-order chi connectivity index (χ1) is 21.1. The predicted molar refractivity (Wildman–Crippen MR) is 173 cm³/mol. The van der Waals surface area contributed by atoms with Crippen LogP contribution in [0.4, 0.5) is 5.69 Å². The number of hydrogen-bond donors (Lipinski definition) is 1. The molecule has 0 aliphatic carbocycles. The maximum atomic E-state index is 14.5. The van der Waals surface area contributed by atoms with Crippen LogP contribution in [0, 0.1) is 6.92 Å². The van der Waals surface area contributed by atoms with Crippen molar-refractivity contribution in [1.82, 2.24) is 10.2 Å². The molecule has 0 aromatic heterocycles. The van der Waals surface area contributed by atoms with E-state index in [0.717, 1.165) is 21.0 Å². The first-order valence-corrected chi connectivity index (χ1v) is 16.0. The number of carbonyl (C=O) groups excluding carboxylic acids is 2. The van der Waals surface area contributed by atoms with E-state index in [1.54, 1.807) is 30.3 Å². The second-order valence-electron chi connectivity index (χ2n) is 10.2. The second kappa shape index (κ2) is 14.9. The van der Waals surface area contributed by atoms with Crippen LogP contribution in [0.25, 0.3) is 0 Å². The van der Waals surface area contributed by atoms with E-state index < -0.39 is 28.5 Å². The summed E-state index contributed by atoms with van der Waals surface area (Å²) in [5.41, 5.74) is 2.73. The van der Waals surface area contributed by atoms with Gasteiger partial charge in [-0.05, 0) is 60.9 Å². The van der Waals surface area contributed by atoms with Crippen LogP contribution in [-0.2, 0) is 32.6 Å². The molecule has 0 fully saturated rings. The molecule has 0 heterocycles. The molecule has 230 valence electrons. The van der Waals surface area contributed by atoms with Crippen molar-refractivity contribution in [2.75, 3.05) is 24.5 Å². The van der Waals surface area contributed by atoms with Crippen molar-refractivity contribution in [2.24, 2.45) is 0 Å². The molecule has 4 aromatic carbocycles. The quantitative estimate of drug-likeness (QED) is 0.206. The number of nitrogens with one attached hydrogen (secondary N) is 1. The lowest BCUT2D eigenvalue weighted by molar-refractivity contribution is -0.140. The summed E-state index contributed by atoms with van der Waals surface area (Å²) in [7, 11) is -2.87. The SMILES string of the molecule is CCNC(=O)C(Cc1ccccc1)N(Cc1ccccc1C)C(=O)CN(c1cc(Cl)ccc1OC)S(=O)(=O)c1ccccc1. The van der Waals surface area contributed by atoms with Crippen LogP contribution in [0.2, 0.25) is 5.02 Å². The molecule has 0 radical (unpaired) electrons. The zero-order valence-electron chi connectivity index (χ0n) is 24.9. The van der Waals surface area contributed by atoms with Gasteiger partial charge in [0, 0.05) is 24.5 Å². The molecular weight excluding hydrogens is 598 g/mol. The van der Waals surface area contributed by atoms with E-state index in [4.69, 9.17) is 16.3 Å². The molecule has 0 saturated heterocycles. The fraction of sp³-hybridized carbons (Fsp3) is 0.235. The number of amides is 2. The predicted octanol–water partition coefficient (Wildman–Crippen LogP) is 5.63. The first-order valence-electron chi connectivity index (χ1n) is 14.2. The summed E-state index contributed by atoms with van der Waals surface area (Å²) in [6.07, 6.45) is 0.232. The molecule has 8 nitrogen and oxygen atoms in total. The standard InChI is InChI=1S/C34H36ClN3O5S/c1-4-36-34(40)31(21-26-14-7-5-8-15-26)37(23-27-16-12-11-13-25(27)2)33(39)24-38(30-22-28(35)19-20-32(30)43-3)44(41,42)29-17-9-6-10-18-29/h5-20,22,31H,4,21,23-24H2,1-3H3,(H,36,40). The number of likely N-dealkylation sites (N-methyl/N-ethyl adjacent to an activating group) is 1. The van der Waals surface area contributed by atoms with Crippen molar-refractivity contribution in [1.29, 1.82) is 0 Å². The number of halogens is 1. The Morgan fingerprint density at radius 1 is 0.909 bits per heavy atom. The Balaban J connectivity index is 1.85. The Labute approximate surface area is 264 Å². The molecule has 0 bridgehead atoms. The maximum absolute atomic E-state index is 14.5. The normalized spacial score (nSPS) is 11.8. The summed E-state index contributed by atoms with van der Waals surface area (Å²) in [4.78, 5) is 29.6. The zero-order chi connectivity index (χ0) is 31.7. The van der Waals surface area contributed by atoms with Crippen LogP contribution < -0.4 is 14.4 Å². The highest BCUT2D eigenvalue weighted by Gasteiger charge is 2.35. The number of anilines is 1. The minimum absolute atomic E-state index is 0.00940. The van der Waals surface area contributed by atoms with Crippen molar-refractivity contribution in [3.8, 4) is 5.75 Å². The first kappa shape index (κ1) is 32.6. The monoisotopic (exact) mass is 633 g/mol. The molecule has 10 heteroatoms. The van der Waals surface area contributed by atoms with Crippen LogP contribution in [0.1, 0.15) is 23.6 Å². The minimum atomic E-state index is -4.28. The van der Waals surface area contributed by atoms with Crippen LogP contribution in [0.5, 0.6) is 5.75 Å². The molecule has 0 saturated carbocycles. The number of ether oxygens (including phenoxy) is 1. The highest BCUT2D eigenvalue weighted by atomic mass is 35.5. The summed E-state index contributed by atoms with van der Waals surface area (Å²) in [5.74, 6) is -0.685. The topological polar surface area (TPSA) is 96.0 Å². The Hall–Kier alpha value is -4.34. The van der Waals surface area contributed by atoms with E-state index in [9.17, 15) is 18.0 Å². The van der Waals surface area contributed by atoms with Crippen molar-refractivity contribution in [3.05, 3.63) is 125 Å². The lowest BCUT2D eigenvalue weighted by Gasteiger charge is -2.34. The molecule has 1 atom stereocenters. The van der Waals surface area contributed by atoms with Gasteiger partial charge in [-0.1, -0.05) is 84.4 Å². The van der Waals surface area contributed by atoms with Gasteiger partial charge in [0.1, 0.15) is 18.3 Å². The van der Waals surface area contributed by atoms with Crippen LogP contribution >= 0.6 is 11.6 Å². The largest absolute Gasteiger partial charge is 0.495 e. The molecule has 44 heavy (non-hydrogen) atoms. The summed E-state index contributed by atoms with van der Waals surface area (Å²) >= 11 is 6.33. The van der Waals surface area contributed by atoms with Crippen molar-refractivity contribution in [3.63, 3.8) is 0 Å². The molecule has 0 aliphatic rings. The third-order valence-corrected chi connectivity index (χ3v) is 9.25. The molecule has 0 aliphatic heterocycles. The van der Waals surface area contributed by atoms with Gasteiger partial charge in [-0.15, -0.1) is 0 Å². The van der Waals surface area contributed by atoms with Crippen molar-refractivity contribution >= 4 is 39.1 Å².